The van der Waals surface area contributed by atoms with E-state index >= 15 is 0 Å². The number of ether oxygens (including phenoxy) is 1. The summed E-state index contributed by atoms with van der Waals surface area (Å²) < 4.78 is 33.5. The fourth-order valence-electron chi connectivity index (χ4n) is 2.18. The van der Waals surface area contributed by atoms with E-state index in [9.17, 15) is 8.78 Å². The van der Waals surface area contributed by atoms with E-state index in [1.807, 2.05) is 0 Å². The topological polar surface area (TPSA) is 53.1 Å². The number of aromatic nitrogens is 2. The van der Waals surface area contributed by atoms with Gasteiger partial charge in [0.15, 0.2) is 0 Å². The first-order valence-electron chi connectivity index (χ1n) is 5.98. The van der Waals surface area contributed by atoms with Gasteiger partial charge in [0.05, 0.1) is 28.9 Å². The van der Waals surface area contributed by atoms with E-state index in [0.29, 0.717) is 16.7 Å². The second-order valence-corrected chi connectivity index (χ2v) is 4.78. The van der Waals surface area contributed by atoms with Gasteiger partial charge in [-0.15, -0.1) is 0 Å². The molecule has 3 aromatic rings. The van der Waals surface area contributed by atoms with Gasteiger partial charge in [0, 0.05) is 12.1 Å². The molecule has 0 amide bonds. The van der Waals surface area contributed by atoms with Crippen molar-refractivity contribution in [2.24, 2.45) is 0 Å². The van der Waals surface area contributed by atoms with Gasteiger partial charge in [0.2, 0.25) is 5.95 Å². The van der Waals surface area contributed by atoms with Crippen LogP contribution in [0, 0.1) is 11.6 Å². The van der Waals surface area contributed by atoms with Gasteiger partial charge in [-0.3, -0.25) is 4.57 Å². The Labute approximate surface area is 123 Å². The van der Waals surface area contributed by atoms with E-state index in [-0.39, 0.29) is 16.7 Å². The molecule has 0 radical (unpaired) electrons. The zero-order valence-corrected chi connectivity index (χ0v) is 11.7. The van der Waals surface area contributed by atoms with E-state index in [1.54, 1.807) is 0 Å². The van der Waals surface area contributed by atoms with Gasteiger partial charge in [0.1, 0.15) is 17.4 Å². The predicted molar refractivity (Wildman–Crippen MR) is 77.0 cm³/mol. The summed E-state index contributed by atoms with van der Waals surface area (Å²) in [6.45, 7) is 0. The molecule has 0 atom stereocenters. The largest absolute Gasteiger partial charge is 0.494 e. The second-order valence-electron chi connectivity index (χ2n) is 4.38. The number of hydrogen-bond donors (Lipinski definition) is 1. The van der Waals surface area contributed by atoms with Crippen LogP contribution >= 0.6 is 11.6 Å². The maximum Gasteiger partial charge on any atom is 0.206 e. The number of anilines is 1. The van der Waals surface area contributed by atoms with Crippen molar-refractivity contribution in [2.45, 2.75) is 0 Å². The average molecular weight is 310 g/mol. The number of halogens is 3. The molecule has 0 bridgehead atoms. The number of rotatable bonds is 2. The number of methoxy groups -OCH3 is 1. The minimum atomic E-state index is -0.583. The Morgan fingerprint density at radius 1 is 1.24 bits per heavy atom. The van der Waals surface area contributed by atoms with Crippen LogP contribution in [0.2, 0.25) is 5.02 Å². The molecule has 7 heteroatoms. The Bertz CT molecular complexity index is 848. The molecule has 0 aliphatic rings. The minimum Gasteiger partial charge on any atom is -0.494 e. The average Bonchev–Trinajstić information content (AvgIpc) is 2.75. The first-order chi connectivity index (χ1) is 10.0. The molecule has 2 N–H and O–H groups in total. The van der Waals surface area contributed by atoms with Gasteiger partial charge in [-0.05, 0) is 18.2 Å². The van der Waals surface area contributed by atoms with Crippen molar-refractivity contribution in [3.8, 4) is 11.4 Å². The summed E-state index contributed by atoms with van der Waals surface area (Å²) >= 11 is 5.81. The van der Waals surface area contributed by atoms with Crippen molar-refractivity contribution in [1.29, 1.82) is 0 Å². The first-order valence-corrected chi connectivity index (χ1v) is 6.36. The van der Waals surface area contributed by atoms with Gasteiger partial charge in [-0.25, -0.2) is 13.8 Å². The lowest BCUT2D eigenvalue weighted by molar-refractivity contribution is 0.410. The molecule has 0 fully saturated rings. The molecular formula is C14H10ClF2N3O. The molecule has 2 aromatic carbocycles. The molecule has 0 aliphatic carbocycles. The Hall–Kier alpha value is -2.34. The molecule has 0 aliphatic heterocycles. The molecule has 1 heterocycles. The van der Waals surface area contributed by atoms with Crippen LogP contribution in [0.1, 0.15) is 0 Å². The summed E-state index contributed by atoms with van der Waals surface area (Å²) in [6.07, 6.45) is 0. The number of nitrogens with zero attached hydrogens (tertiary/aromatic N) is 2. The molecule has 0 saturated heterocycles. The summed E-state index contributed by atoms with van der Waals surface area (Å²) in [7, 11) is 1.42. The highest BCUT2D eigenvalue weighted by atomic mass is 35.5. The van der Waals surface area contributed by atoms with Crippen molar-refractivity contribution in [3.63, 3.8) is 0 Å². The summed E-state index contributed by atoms with van der Waals surface area (Å²) in [5, 5.41) is -0.0512. The Morgan fingerprint density at radius 3 is 2.71 bits per heavy atom. The molecule has 0 spiro atoms. The number of nitrogens with two attached hydrogens (primary N) is 1. The zero-order valence-electron chi connectivity index (χ0n) is 10.9. The smallest absolute Gasteiger partial charge is 0.206 e. The Balaban J connectivity index is 2.35. The number of fused-ring (bicyclic) bond motifs is 1. The van der Waals surface area contributed by atoms with Crippen LogP contribution in [0.4, 0.5) is 14.7 Å². The van der Waals surface area contributed by atoms with Crippen LogP contribution in [0.3, 0.4) is 0 Å². The second kappa shape index (κ2) is 4.89. The van der Waals surface area contributed by atoms with Crippen LogP contribution in [0.5, 0.6) is 5.75 Å². The molecule has 3 rings (SSSR count). The van der Waals surface area contributed by atoms with Crippen molar-refractivity contribution >= 4 is 28.6 Å². The maximum atomic E-state index is 13.5. The Morgan fingerprint density at radius 2 is 2.00 bits per heavy atom. The highest BCUT2D eigenvalue weighted by molar-refractivity contribution is 6.31. The lowest BCUT2D eigenvalue weighted by Crippen LogP contribution is -2.03. The number of nitrogen functional groups attached to an aromatic ring is 1. The van der Waals surface area contributed by atoms with Crippen molar-refractivity contribution in [1.82, 2.24) is 9.55 Å². The van der Waals surface area contributed by atoms with E-state index in [1.165, 1.54) is 42.0 Å². The van der Waals surface area contributed by atoms with Gasteiger partial charge >= 0.3 is 0 Å². The normalized spacial score (nSPS) is 11.0. The van der Waals surface area contributed by atoms with Gasteiger partial charge in [-0.1, -0.05) is 11.6 Å². The van der Waals surface area contributed by atoms with Gasteiger partial charge in [-0.2, -0.15) is 0 Å². The fourth-order valence-corrected chi connectivity index (χ4v) is 2.34. The third-order valence-electron chi connectivity index (χ3n) is 3.11. The van der Waals surface area contributed by atoms with Crippen molar-refractivity contribution in [3.05, 3.63) is 47.0 Å². The van der Waals surface area contributed by atoms with Crippen LogP contribution in [-0.4, -0.2) is 16.7 Å². The van der Waals surface area contributed by atoms with E-state index < -0.39 is 11.6 Å². The van der Waals surface area contributed by atoms with Crippen LogP contribution < -0.4 is 10.5 Å². The Kier molecular flexibility index (Phi) is 3.17. The molecule has 0 unspecified atom stereocenters. The van der Waals surface area contributed by atoms with Gasteiger partial charge < -0.3 is 10.5 Å². The molecule has 4 nitrogen and oxygen atoms in total. The van der Waals surface area contributed by atoms with Crippen LogP contribution in [0.25, 0.3) is 16.7 Å². The quantitative estimate of drug-likeness (QED) is 0.787. The highest BCUT2D eigenvalue weighted by Gasteiger charge is 2.16. The number of imidazole rings is 1. The lowest BCUT2D eigenvalue weighted by Gasteiger charge is -2.11. The summed E-state index contributed by atoms with van der Waals surface area (Å²) in [5.41, 5.74) is 7.22. The maximum absolute atomic E-state index is 13.5. The third-order valence-corrected chi connectivity index (χ3v) is 3.39. The lowest BCUT2D eigenvalue weighted by atomic mass is 10.2. The summed E-state index contributed by atoms with van der Waals surface area (Å²) in [5.74, 6) is -0.624. The summed E-state index contributed by atoms with van der Waals surface area (Å²) in [6, 6.07) is 6.61. The zero-order chi connectivity index (χ0) is 15.1. The molecule has 0 saturated carbocycles. The van der Waals surface area contributed by atoms with E-state index in [2.05, 4.69) is 4.98 Å². The molecule has 108 valence electrons. The standard InChI is InChI=1S/C14H10ClF2N3O/c1-21-13-4-7(16)2-3-11(13)20-12-5-8(15)9(17)6-10(12)19-14(20)18/h2-6H,1H3,(H2,18,19). The molecular weight excluding hydrogens is 300 g/mol. The summed E-state index contributed by atoms with van der Waals surface area (Å²) in [4.78, 5) is 4.08. The fraction of sp³-hybridized carbons (Fsp3) is 0.0714. The monoisotopic (exact) mass is 309 g/mol. The predicted octanol–water partition coefficient (Wildman–Crippen LogP) is 3.55. The van der Waals surface area contributed by atoms with Crippen molar-refractivity contribution < 1.29 is 13.5 Å². The van der Waals surface area contributed by atoms with E-state index in [0.717, 1.165) is 0 Å². The molecule has 1 aromatic heterocycles. The van der Waals surface area contributed by atoms with Crippen LogP contribution in [-0.2, 0) is 0 Å². The highest BCUT2D eigenvalue weighted by Crippen LogP contribution is 2.32. The third kappa shape index (κ3) is 2.17. The molecule has 21 heavy (non-hydrogen) atoms. The van der Waals surface area contributed by atoms with Gasteiger partial charge in [0.25, 0.3) is 0 Å². The number of hydrogen-bond acceptors (Lipinski definition) is 3. The van der Waals surface area contributed by atoms with Crippen LogP contribution in [0.15, 0.2) is 30.3 Å². The van der Waals surface area contributed by atoms with E-state index in [4.69, 9.17) is 22.1 Å². The first kappa shape index (κ1) is 13.6. The minimum absolute atomic E-state index is 0.0512. The SMILES string of the molecule is COc1cc(F)ccc1-n1c(N)nc2cc(F)c(Cl)cc21. The van der Waals surface area contributed by atoms with Crippen molar-refractivity contribution in [2.75, 3.05) is 12.8 Å². The number of benzene rings is 2.